The molecular weight excluding hydrogens is 425 g/mol. The maximum absolute atomic E-state index is 13.3. The van der Waals surface area contributed by atoms with Crippen molar-refractivity contribution in [2.24, 2.45) is 0 Å². The first kappa shape index (κ1) is 20.9. The molecule has 0 atom stereocenters. The predicted octanol–water partition coefficient (Wildman–Crippen LogP) is 6.17. The third kappa shape index (κ3) is 4.54. The highest BCUT2D eigenvalue weighted by Gasteiger charge is 2.32. The lowest BCUT2D eigenvalue weighted by atomic mass is 10.1. The standard InChI is InChI=1S/C23H17F3N2O2S/c1-30-18-10-11-19-20(13-18)31-22(27-19)28(14-15-6-3-2-4-7-15)21(29)16-8-5-9-17(12-16)23(24,25)26/h2-13H,14H2,1H3. The average Bonchev–Trinajstić information content (AvgIpc) is 3.20. The van der Waals surface area contributed by atoms with Gasteiger partial charge in [0, 0.05) is 5.56 Å². The van der Waals surface area contributed by atoms with E-state index in [-0.39, 0.29) is 12.1 Å². The fraction of sp³-hybridized carbons (Fsp3) is 0.130. The number of thiazole rings is 1. The van der Waals surface area contributed by atoms with Gasteiger partial charge in [-0.25, -0.2) is 4.98 Å². The van der Waals surface area contributed by atoms with Crippen LogP contribution in [0.5, 0.6) is 5.75 Å². The number of alkyl halides is 3. The molecule has 0 unspecified atom stereocenters. The minimum Gasteiger partial charge on any atom is -0.497 e. The van der Waals surface area contributed by atoms with Gasteiger partial charge in [-0.2, -0.15) is 13.2 Å². The Balaban J connectivity index is 1.77. The number of benzene rings is 3. The molecule has 4 rings (SSSR count). The first-order valence-electron chi connectivity index (χ1n) is 9.33. The van der Waals surface area contributed by atoms with Gasteiger partial charge in [0.25, 0.3) is 5.91 Å². The van der Waals surface area contributed by atoms with E-state index in [2.05, 4.69) is 4.98 Å². The first-order chi connectivity index (χ1) is 14.8. The zero-order chi connectivity index (χ0) is 22.0. The highest BCUT2D eigenvalue weighted by molar-refractivity contribution is 7.22. The minimum atomic E-state index is -4.53. The van der Waals surface area contributed by atoms with Crippen molar-refractivity contribution in [3.63, 3.8) is 0 Å². The molecule has 1 aromatic heterocycles. The van der Waals surface area contributed by atoms with Crippen LogP contribution in [0, 0.1) is 0 Å². The van der Waals surface area contributed by atoms with E-state index in [0.717, 1.165) is 22.4 Å². The van der Waals surface area contributed by atoms with Crippen LogP contribution in [-0.4, -0.2) is 18.0 Å². The molecule has 4 nitrogen and oxygen atoms in total. The zero-order valence-corrected chi connectivity index (χ0v) is 17.2. The highest BCUT2D eigenvalue weighted by Crippen LogP contribution is 2.34. The molecule has 0 fully saturated rings. The van der Waals surface area contributed by atoms with E-state index in [1.807, 2.05) is 36.4 Å². The fourth-order valence-electron chi connectivity index (χ4n) is 3.11. The van der Waals surface area contributed by atoms with Crippen molar-refractivity contribution in [1.29, 1.82) is 0 Å². The topological polar surface area (TPSA) is 42.4 Å². The number of hydrogen-bond donors (Lipinski definition) is 0. The average molecular weight is 442 g/mol. The number of amides is 1. The Morgan fingerprint density at radius 3 is 2.52 bits per heavy atom. The molecule has 0 bridgehead atoms. The van der Waals surface area contributed by atoms with Gasteiger partial charge in [0.05, 0.1) is 29.4 Å². The number of aromatic nitrogens is 1. The van der Waals surface area contributed by atoms with Crippen LogP contribution in [0.2, 0.25) is 0 Å². The van der Waals surface area contributed by atoms with Crippen LogP contribution in [0.4, 0.5) is 18.3 Å². The Bertz CT molecular complexity index is 1220. The summed E-state index contributed by atoms with van der Waals surface area (Å²) in [6.45, 7) is 0.173. The quantitative estimate of drug-likeness (QED) is 0.371. The van der Waals surface area contributed by atoms with Crippen LogP contribution in [0.15, 0.2) is 72.8 Å². The summed E-state index contributed by atoms with van der Waals surface area (Å²) in [5.74, 6) is 0.0995. The molecule has 3 aromatic carbocycles. The van der Waals surface area contributed by atoms with Gasteiger partial charge in [0.15, 0.2) is 5.13 Å². The molecule has 0 saturated carbocycles. The van der Waals surface area contributed by atoms with Gasteiger partial charge < -0.3 is 4.74 Å². The molecule has 0 N–H and O–H groups in total. The van der Waals surface area contributed by atoms with Gasteiger partial charge in [0.2, 0.25) is 0 Å². The normalized spacial score (nSPS) is 11.5. The third-order valence-corrected chi connectivity index (χ3v) is 5.72. The van der Waals surface area contributed by atoms with E-state index >= 15 is 0 Å². The van der Waals surface area contributed by atoms with Gasteiger partial charge in [0.1, 0.15) is 5.75 Å². The van der Waals surface area contributed by atoms with Crippen molar-refractivity contribution >= 4 is 32.6 Å². The number of hydrogen-bond acceptors (Lipinski definition) is 4. The maximum atomic E-state index is 13.3. The van der Waals surface area contributed by atoms with Gasteiger partial charge in [-0.15, -0.1) is 0 Å². The fourth-order valence-corrected chi connectivity index (χ4v) is 4.10. The van der Waals surface area contributed by atoms with Crippen molar-refractivity contribution in [3.05, 3.63) is 89.5 Å². The summed E-state index contributed by atoms with van der Waals surface area (Å²) in [5, 5.41) is 0.398. The van der Waals surface area contributed by atoms with Crippen molar-refractivity contribution in [1.82, 2.24) is 4.98 Å². The Morgan fingerprint density at radius 2 is 1.81 bits per heavy atom. The molecule has 1 amide bonds. The summed E-state index contributed by atoms with van der Waals surface area (Å²) in [5.41, 5.74) is 0.588. The van der Waals surface area contributed by atoms with E-state index < -0.39 is 17.6 Å². The van der Waals surface area contributed by atoms with Gasteiger partial charge in [-0.1, -0.05) is 47.7 Å². The Morgan fingerprint density at radius 1 is 1.03 bits per heavy atom. The molecule has 4 aromatic rings. The number of halogens is 3. The van der Waals surface area contributed by atoms with Gasteiger partial charge >= 0.3 is 6.18 Å². The van der Waals surface area contributed by atoms with Crippen molar-refractivity contribution in [3.8, 4) is 5.75 Å². The second kappa shape index (κ2) is 8.39. The molecule has 0 aliphatic heterocycles. The van der Waals surface area contributed by atoms with E-state index in [1.54, 1.807) is 19.2 Å². The number of fused-ring (bicyclic) bond motifs is 1. The van der Waals surface area contributed by atoms with Crippen LogP contribution >= 0.6 is 11.3 Å². The monoisotopic (exact) mass is 442 g/mol. The van der Waals surface area contributed by atoms with Crippen LogP contribution in [0.1, 0.15) is 21.5 Å². The van der Waals surface area contributed by atoms with Crippen LogP contribution in [0.3, 0.4) is 0 Å². The molecule has 0 spiro atoms. The third-order valence-electron chi connectivity index (χ3n) is 4.68. The predicted molar refractivity (Wildman–Crippen MR) is 115 cm³/mol. The summed E-state index contributed by atoms with van der Waals surface area (Å²) in [6.07, 6.45) is -4.53. The summed E-state index contributed by atoms with van der Waals surface area (Å²) in [4.78, 5) is 19.3. The number of carbonyl (C=O) groups excluding carboxylic acids is 1. The molecule has 0 saturated heterocycles. The van der Waals surface area contributed by atoms with Crippen LogP contribution < -0.4 is 9.64 Å². The molecule has 158 valence electrons. The van der Waals surface area contributed by atoms with Crippen LogP contribution in [0.25, 0.3) is 10.2 Å². The van der Waals surface area contributed by atoms with Crippen molar-refractivity contribution in [2.45, 2.75) is 12.7 Å². The summed E-state index contributed by atoms with van der Waals surface area (Å²) < 4.78 is 45.5. The lowest BCUT2D eigenvalue weighted by Crippen LogP contribution is -2.30. The van der Waals surface area contributed by atoms with Crippen molar-refractivity contribution in [2.75, 3.05) is 12.0 Å². The van der Waals surface area contributed by atoms with E-state index in [4.69, 9.17) is 4.74 Å². The summed E-state index contributed by atoms with van der Waals surface area (Å²) in [7, 11) is 1.56. The molecule has 0 aliphatic rings. The Labute approximate surface area is 180 Å². The highest BCUT2D eigenvalue weighted by atomic mass is 32.1. The largest absolute Gasteiger partial charge is 0.497 e. The number of ether oxygens (including phenoxy) is 1. The number of rotatable bonds is 5. The summed E-state index contributed by atoms with van der Waals surface area (Å²) >= 11 is 1.28. The van der Waals surface area contributed by atoms with E-state index in [1.165, 1.54) is 28.4 Å². The SMILES string of the molecule is COc1ccc2nc(N(Cc3ccccc3)C(=O)c3cccc(C(F)(F)F)c3)sc2c1. The number of carbonyl (C=O) groups is 1. The zero-order valence-electron chi connectivity index (χ0n) is 16.4. The molecular formula is C23H17F3N2O2S. The summed E-state index contributed by atoms with van der Waals surface area (Å²) in [6, 6.07) is 19.0. The smallest absolute Gasteiger partial charge is 0.416 e. The second-order valence-corrected chi connectivity index (χ2v) is 7.79. The lowest BCUT2D eigenvalue weighted by molar-refractivity contribution is -0.137. The van der Waals surface area contributed by atoms with E-state index in [0.29, 0.717) is 16.4 Å². The van der Waals surface area contributed by atoms with Gasteiger partial charge in [-0.3, -0.25) is 9.69 Å². The second-order valence-electron chi connectivity index (χ2n) is 6.79. The first-order valence-corrected chi connectivity index (χ1v) is 10.1. The molecule has 8 heteroatoms. The number of methoxy groups -OCH3 is 1. The lowest BCUT2D eigenvalue weighted by Gasteiger charge is -2.20. The van der Waals surface area contributed by atoms with Crippen LogP contribution in [-0.2, 0) is 12.7 Å². The molecule has 0 aliphatic carbocycles. The molecule has 0 radical (unpaired) electrons. The van der Waals surface area contributed by atoms with E-state index in [9.17, 15) is 18.0 Å². The molecule has 1 heterocycles. The Hall–Kier alpha value is -3.39. The maximum Gasteiger partial charge on any atom is 0.416 e. The number of anilines is 1. The van der Waals surface area contributed by atoms with Crippen molar-refractivity contribution < 1.29 is 22.7 Å². The minimum absolute atomic E-state index is 0.0532. The number of nitrogens with zero attached hydrogens (tertiary/aromatic N) is 2. The van der Waals surface area contributed by atoms with Gasteiger partial charge in [-0.05, 0) is 42.0 Å². The molecule has 31 heavy (non-hydrogen) atoms. The Kier molecular flexibility index (Phi) is 5.65.